The highest BCUT2D eigenvalue weighted by Crippen LogP contribution is 2.12. The minimum absolute atomic E-state index is 0.0734. The van der Waals surface area contributed by atoms with Crippen molar-refractivity contribution in [3.63, 3.8) is 0 Å². The summed E-state index contributed by atoms with van der Waals surface area (Å²) in [5, 5.41) is 6.46. The van der Waals surface area contributed by atoms with Crippen molar-refractivity contribution in [3.8, 4) is 5.75 Å². The molecule has 1 heterocycles. The number of halogens is 1. The average Bonchev–Trinajstić information content (AvgIpc) is 2.95. The van der Waals surface area contributed by atoms with Gasteiger partial charge in [-0.1, -0.05) is 0 Å². The Morgan fingerprint density at radius 2 is 2.00 bits per heavy atom. The number of guanidine groups is 1. The highest BCUT2D eigenvalue weighted by atomic mass is 19.1. The Hall–Kier alpha value is -2.50. The third-order valence-corrected chi connectivity index (χ3v) is 3.28. The van der Waals surface area contributed by atoms with Crippen LogP contribution in [0.15, 0.2) is 47.7 Å². The number of nitrogens with zero attached hydrogens (tertiary/aromatic N) is 2. The second kappa shape index (κ2) is 8.22. The van der Waals surface area contributed by atoms with Crippen molar-refractivity contribution in [1.29, 1.82) is 0 Å². The fourth-order valence-electron chi connectivity index (χ4n) is 2.10. The van der Waals surface area contributed by atoms with Crippen molar-refractivity contribution in [1.82, 2.24) is 15.2 Å². The van der Waals surface area contributed by atoms with Gasteiger partial charge in [0, 0.05) is 33.0 Å². The number of hydrogen-bond donors (Lipinski definition) is 2. The average molecular weight is 318 g/mol. The molecule has 124 valence electrons. The van der Waals surface area contributed by atoms with Crippen LogP contribution in [0.3, 0.4) is 0 Å². The Bertz CT molecular complexity index is 636. The molecule has 0 saturated heterocycles. The lowest BCUT2D eigenvalue weighted by atomic mass is 10.3. The van der Waals surface area contributed by atoms with Gasteiger partial charge in [-0.2, -0.15) is 0 Å². The van der Waals surface area contributed by atoms with Gasteiger partial charge in [0.05, 0.1) is 6.54 Å². The molecule has 0 spiro atoms. The van der Waals surface area contributed by atoms with Crippen LogP contribution in [-0.4, -0.2) is 30.2 Å². The third kappa shape index (κ3) is 5.65. The molecule has 0 fully saturated rings. The van der Waals surface area contributed by atoms with Crippen molar-refractivity contribution < 1.29 is 9.13 Å². The van der Waals surface area contributed by atoms with Crippen molar-refractivity contribution in [2.75, 3.05) is 13.6 Å². The maximum absolute atomic E-state index is 12.9. The molecule has 2 N–H and O–H groups in total. The minimum atomic E-state index is -0.270. The summed E-state index contributed by atoms with van der Waals surface area (Å²) in [5.41, 5.74) is 1.19. The smallest absolute Gasteiger partial charge is 0.191 e. The second-order valence-electron chi connectivity index (χ2n) is 5.37. The van der Waals surface area contributed by atoms with E-state index in [9.17, 15) is 4.39 Å². The summed E-state index contributed by atoms with van der Waals surface area (Å²) >= 11 is 0. The van der Waals surface area contributed by atoms with Crippen LogP contribution in [0.5, 0.6) is 5.75 Å². The second-order valence-corrected chi connectivity index (χ2v) is 5.37. The van der Waals surface area contributed by atoms with E-state index in [0.717, 1.165) is 0 Å². The van der Waals surface area contributed by atoms with E-state index in [-0.39, 0.29) is 11.9 Å². The highest BCUT2D eigenvalue weighted by Gasteiger charge is 2.06. The first-order chi connectivity index (χ1) is 11.1. The molecule has 23 heavy (non-hydrogen) atoms. The Labute approximate surface area is 136 Å². The van der Waals surface area contributed by atoms with E-state index in [2.05, 4.69) is 27.9 Å². The van der Waals surface area contributed by atoms with Crippen LogP contribution in [0.1, 0.15) is 12.5 Å². The number of ether oxygens (including phenoxy) is 1. The molecule has 0 aliphatic rings. The van der Waals surface area contributed by atoms with Gasteiger partial charge in [0.1, 0.15) is 17.7 Å². The molecule has 0 bridgehead atoms. The maximum atomic E-state index is 12.9. The molecule has 2 rings (SSSR count). The minimum Gasteiger partial charge on any atom is -0.489 e. The van der Waals surface area contributed by atoms with Crippen LogP contribution >= 0.6 is 0 Å². The van der Waals surface area contributed by atoms with Gasteiger partial charge in [-0.15, -0.1) is 0 Å². The Kier molecular flexibility index (Phi) is 6.02. The number of aryl methyl sites for hydroxylation is 1. The van der Waals surface area contributed by atoms with E-state index in [1.54, 1.807) is 19.2 Å². The lowest BCUT2D eigenvalue weighted by Crippen LogP contribution is -2.41. The van der Waals surface area contributed by atoms with Crippen LogP contribution in [0.25, 0.3) is 0 Å². The summed E-state index contributed by atoms with van der Waals surface area (Å²) < 4.78 is 20.6. The highest BCUT2D eigenvalue weighted by molar-refractivity contribution is 5.79. The zero-order valence-electron chi connectivity index (χ0n) is 13.7. The maximum Gasteiger partial charge on any atom is 0.191 e. The lowest BCUT2D eigenvalue weighted by Gasteiger charge is -2.17. The Balaban J connectivity index is 1.75. The summed E-state index contributed by atoms with van der Waals surface area (Å²) in [6.45, 7) is 3.24. The predicted octanol–water partition coefficient (Wildman–Crippen LogP) is 2.30. The number of rotatable bonds is 6. The normalized spacial score (nSPS) is 12.8. The largest absolute Gasteiger partial charge is 0.489 e. The molecule has 1 unspecified atom stereocenters. The van der Waals surface area contributed by atoms with E-state index >= 15 is 0 Å². The fraction of sp³-hybridized carbons (Fsp3) is 0.353. The first kappa shape index (κ1) is 16.9. The van der Waals surface area contributed by atoms with E-state index in [0.29, 0.717) is 24.8 Å². The molecule has 0 radical (unpaired) electrons. The Morgan fingerprint density at radius 1 is 1.26 bits per heavy atom. The molecule has 0 aliphatic heterocycles. The van der Waals surface area contributed by atoms with Crippen LogP contribution in [0.2, 0.25) is 0 Å². The molecule has 5 nitrogen and oxygen atoms in total. The Morgan fingerprint density at radius 3 is 2.61 bits per heavy atom. The summed E-state index contributed by atoms with van der Waals surface area (Å²) in [5.74, 6) is 1.09. The quantitative estimate of drug-likeness (QED) is 0.635. The van der Waals surface area contributed by atoms with Gasteiger partial charge in [-0.3, -0.25) is 4.99 Å². The number of aromatic nitrogens is 1. The van der Waals surface area contributed by atoms with E-state index < -0.39 is 0 Å². The molecule has 0 saturated carbocycles. The van der Waals surface area contributed by atoms with E-state index in [4.69, 9.17) is 4.74 Å². The summed E-state index contributed by atoms with van der Waals surface area (Å²) in [6, 6.07) is 8.06. The van der Waals surface area contributed by atoms with Crippen molar-refractivity contribution in [2.24, 2.45) is 12.0 Å². The SMILES string of the molecule is CN=C(NCc1ccn(C)c1)NCC(C)Oc1ccc(F)cc1. The van der Waals surface area contributed by atoms with Gasteiger partial charge in [-0.05, 0) is 42.8 Å². The van der Waals surface area contributed by atoms with Gasteiger partial charge in [0.25, 0.3) is 0 Å². The molecular formula is C17H23FN4O. The molecule has 0 amide bonds. The van der Waals surface area contributed by atoms with Crippen LogP contribution in [0, 0.1) is 5.82 Å². The first-order valence-corrected chi connectivity index (χ1v) is 7.54. The van der Waals surface area contributed by atoms with Gasteiger partial charge in [0.15, 0.2) is 5.96 Å². The topological polar surface area (TPSA) is 50.6 Å². The van der Waals surface area contributed by atoms with E-state index in [1.807, 2.05) is 24.7 Å². The number of benzene rings is 1. The van der Waals surface area contributed by atoms with Crippen LogP contribution in [0.4, 0.5) is 4.39 Å². The zero-order chi connectivity index (χ0) is 16.7. The van der Waals surface area contributed by atoms with Gasteiger partial charge >= 0.3 is 0 Å². The van der Waals surface area contributed by atoms with E-state index in [1.165, 1.54) is 17.7 Å². The molecule has 1 aromatic carbocycles. The summed E-state index contributed by atoms with van der Waals surface area (Å²) in [7, 11) is 3.72. The van der Waals surface area contributed by atoms with Gasteiger partial charge < -0.3 is 19.9 Å². The van der Waals surface area contributed by atoms with Crippen molar-refractivity contribution >= 4 is 5.96 Å². The molecule has 0 aliphatic carbocycles. The standard InChI is InChI=1S/C17H23FN4O/c1-13(23-16-6-4-15(18)5-7-16)10-20-17(19-2)21-11-14-8-9-22(3)12-14/h4-9,12-13H,10-11H2,1-3H3,(H2,19,20,21). The summed E-state index contributed by atoms with van der Waals surface area (Å²) in [4.78, 5) is 4.18. The third-order valence-electron chi connectivity index (χ3n) is 3.28. The number of aliphatic imine (C=N–C) groups is 1. The molecular weight excluding hydrogens is 295 g/mol. The number of nitrogens with one attached hydrogen (secondary N) is 2. The molecule has 6 heteroatoms. The van der Waals surface area contributed by atoms with Crippen molar-refractivity contribution in [2.45, 2.75) is 19.6 Å². The zero-order valence-corrected chi connectivity index (χ0v) is 13.7. The molecule has 2 aromatic rings. The molecule has 1 atom stereocenters. The van der Waals surface area contributed by atoms with Gasteiger partial charge in [-0.25, -0.2) is 4.39 Å². The monoisotopic (exact) mass is 318 g/mol. The van der Waals surface area contributed by atoms with Crippen LogP contribution in [-0.2, 0) is 13.6 Å². The van der Waals surface area contributed by atoms with Crippen LogP contribution < -0.4 is 15.4 Å². The van der Waals surface area contributed by atoms with Gasteiger partial charge in [0.2, 0.25) is 0 Å². The fourth-order valence-corrected chi connectivity index (χ4v) is 2.10. The predicted molar refractivity (Wildman–Crippen MR) is 90.1 cm³/mol. The lowest BCUT2D eigenvalue weighted by molar-refractivity contribution is 0.223. The number of hydrogen-bond acceptors (Lipinski definition) is 2. The van der Waals surface area contributed by atoms with Crippen molar-refractivity contribution in [3.05, 3.63) is 54.1 Å². The summed E-state index contributed by atoms with van der Waals surface area (Å²) in [6.07, 6.45) is 3.99. The first-order valence-electron chi connectivity index (χ1n) is 7.54. The molecule has 1 aromatic heterocycles.